The minimum atomic E-state index is -1.54. The number of alkyl halides is 1. The van der Waals surface area contributed by atoms with E-state index >= 15 is 0 Å². The Hall–Kier alpha value is -3.05. The standard InChI is InChI=1S/C26H27BrN2O7S/c1-25(2)19(21(31)35-14-16-10-6-4-7-11-16)29-22(32)26(27,23(29)37-25)18(20(30)34-3)28-24(33)36-15-17-12-8-5-9-13-17/h4-13,18-19,23H,14-15H2,1-3H3,(H,28,33)/t18?,19-,23+,26?/m0/s1. The van der Waals surface area contributed by atoms with Crippen molar-refractivity contribution in [3.63, 3.8) is 0 Å². The fourth-order valence-electron chi connectivity index (χ4n) is 4.44. The zero-order valence-electron chi connectivity index (χ0n) is 20.5. The molecular formula is C26H27BrN2O7S. The second-order valence-corrected chi connectivity index (χ2v) is 12.3. The van der Waals surface area contributed by atoms with Crippen LogP contribution in [-0.4, -0.2) is 62.5 Å². The topological polar surface area (TPSA) is 111 Å². The van der Waals surface area contributed by atoms with E-state index in [4.69, 9.17) is 14.2 Å². The molecule has 0 bridgehead atoms. The lowest BCUT2D eigenvalue weighted by Gasteiger charge is -2.52. The van der Waals surface area contributed by atoms with E-state index < -0.39 is 50.5 Å². The summed E-state index contributed by atoms with van der Waals surface area (Å²) in [6.45, 7) is 3.72. The Morgan fingerprint density at radius 2 is 1.54 bits per heavy atom. The molecule has 2 aromatic rings. The number of nitrogens with zero attached hydrogens (tertiary/aromatic N) is 1. The normalized spacial score (nSPS) is 24.3. The number of hydrogen-bond acceptors (Lipinski definition) is 8. The van der Waals surface area contributed by atoms with Crippen molar-refractivity contribution in [2.45, 2.75) is 53.6 Å². The number of fused-ring (bicyclic) bond motifs is 1. The van der Waals surface area contributed by atoms with Gasteiger partial charge in [-0.25, -0.2) is 14.4 Å². The first-order chi connectivity index (χ1) is 17.6. The number of carbonyl (C=O) groups excluding carboxylic acids is 4. The third-order valence-electron chi connectivity index (χ3n) is 6.31. The number of carbonyl (C=O) groups is 4. The highest BCUT2D eigenvalue weighted by atomic mass is 79.9. The molecule has 2 aromatic carbocycles. The predicted molar refractivity (Wildman–Crippen MR) is 140 cm³/mol. The first-order valence-electron chi connectivity index (χ1n) is 11.5. The minimum Gasteiger partial charge on any atom is -0.467 e. The molecule has 196 valence electrons. The van der Waals surface area contributed by atoms with Crippen LogP contribution in [0, 0.1) is 0 Å². The average molecular weight is 591 g/mol. The molecule has 0 spiro atoms. The van der Waals surface area contributed by atoms with E-state index in [9.17, 15) is 19.2 Å². The Kier molecular flexibility index (Phi) is 7.84. The van der Waals surface area contributed by atoms with Crippen LogP contribution in [-0.2, 0) is 41.8 Å². The first kappa shape index (κ1) is 27.0. The smallest absolute Gasteiger partial charge is 0.408 e. The molecule has 0 radical (unpaired) electrons. The molecule has 2 unspecified atom stereocenters. The third-order valence-corrected chi connectivity index (χ3v) is 9.49. The number of benzene rings is 2. The fraction of sp³-hybridized carbons (Fsp3) is 0.385. The van der Waals surface area contributed by atoms with E-state index in [0.717, 1.165) is 11.1 Å². The van der Waals surface area contributed by atoms with Gasteiger partial charge in [0.1, 0.15) is 24.6 Å². The summed E-state index contributed by atoms with van der Waals surface area (Å²) in [4.78, 5) is 53.4. The lowest BCUT2D eigenvalue weighted by molar-refractivity contribution is -0.168. The molecule has 0 saturated carbocycles. The lowest BCUT2D eigenvalue weighted by atomic mass is 9.86. The number of methoxy groups -OCH3 is 1. The number of halogens is 1. The molecule has 2 aliphatic heterocycles. The number of thioether (sulfide) groups is 1. The second-order valence-electron chi connectivity index (χ2n) is 9.21. The first-order valence-corrected chi connectivity index (χ1v) is 13.2. The van der Waals surface area contributed by atoms with Crippen molar-refractivity contribution in [2.75, 3.05) is 7.11 Å². The molecule has 11 heteroatoms. The molecule has 4 atom stereocenters. The van der Waals surface area contributed by atoms with Gasteiger partial charge in [-0.05, 0) is 25.0 Å². The Morgan fingerprint density at radius 1 is 1.00 bits per heavy atom. The molecule has 9 nitrogen and oxygen atoms in total. The Bertz CT molecular complexity index is 1180. The van der Waals surface area contributed by atoms with Gasteiger partial charge in [0, 0.05) is 4.75 Å². The number of alkyl carbamates (subject to hydrolysis) is 1. The SMILES string of the molecule is COC(=O)C(NC(=O)OCc1ccccc1)C1(Br)C(=O)N2[C@@H](C(=O)OCc3ccccc3)C(C)(C)S[C@@H]21. The summed E-state index contributed by atoms with van der Waals surface area (Å²) in [5, 5.41) is 1.83. The predicted octanol–water partition coefficient (Wildman–Crippen LogP) is 3.39. The lowest BCUT2D eigenvalue weighted by Crippen LogP contribution is -2.78. The summed E-state index contributed by atoms with van der Waals surface area (Å²) in [7, 11) is 1.17. The molecule has 0 aliphatic carbocycles. The van der Waals surface area contributed by atoms with Crippen molar-refractivity contribution in [3.8, 4) is 0 Å². The summed E-state index contributed by atoms with van der Waals surface area (Å²) in [6, 6.07) is 16.0. The number of ether oxygens (including phenoxy) is 3. The number of amides is 2. The van der Waals surface area contributed by atoms with Gasteiger partial charge in [-0.2, -0.15) is 0 Å². The van der Waals surface area contributed by atoms with Crippen LogP contribution in [0.25, 0.3) is 0 Å². The van der Waals surface area contributed by atoms with Crippen LogP contribution in [0.1, 0.15) is 25.0 Å². The molecule has 4 rings (SSSR count). The van der Waals surface area contributed by atoms with Gasteiger partial charge in [-0.15, -0.1) is 11.8 Å². The maximum Gasteiger partial charge on any atom is 0.408 e. The van der Waals surface area contributed by atoms with Crippen molar-refractivity contribution in [1.29, 1.82) is 0 Å². The molecular weight excluding hydrogens is 564 g/mol. The highest BCUT2D eigenvalue weighted by Crippen LogP contribution is 2.59. The zero-order chi connectivity index (χ0) is 26.8. The van der Waals surface area contributed by atoms with Crippen LogP contribution in [0.15, 0.2) is 60.7 Å². The summed E-state index contributed by atoms with van der Waals surface area (Å²) >= 11 is 4.78. The Labute approximate surface area is 227 Å². The Balaban J connectivity index is 1.48. The number of hydrogen-bond donors (Lipinski definition) is 1. The van der Waals surface area contributed by atoms with E-state index in [0.29, 0.717) is 0 Å². The zero-order valence-corrected chi connectivity index (χ0v) is 22.9. The van der Waals surface area contributed by atoms with Crippen molar-refractivity contribution in [2.24, 2.45) is 0 Å². The molecule has 2 amide bonds. The highest BCUT2D eigenvalue weighted by Gasteiger charge is 2.74. The van der Waals surface area contributed by atoms with Crippen LogP contribution in [0.2, 0.25) is 0 Å². The summed E-state index contributed by atoms with van der Waals surface area (Å²) < 4.78 is 13.4. The third kappa shape index (κ3) is 5.19. The van der Waals surface area contributed by atoms with E-state index in [2.05, 4.69) is 21.2 Å². The highest BCUT2D eigenvalue weighted by molar-refractivity contribution is 9.10. The van der Waals surface area contributed by atoms with E-state index in [-0.39, 0.29) is 13.2 Å². The molecule has 2 saturated heterocycles. The molecule has 37 heavy (non-hydrogen) atoms. The van der Waals surface area contributed by atoms with Gasteiger partial charge >= 0.3 is 18.0 Å². The van der Waals surface area contributed by atoms with Crippen molar-refractivity contribution in [3.05, 3.63) is 71.8 Å². The van der Waals surface area contributed by atoms with Gasteiger partial charge in [0.2, 0.25) is 5.91 Å². The molecule has 2 heterocycles. The van der Waals surface area contributed by atoms with Crippen LogP contribution in [0.5, 0.6) is 0 Å². The molecule has 2 aliphatic rings. The number of nitrogens with one attached hydrogen (secondary N) is 1. The van der Waals surface area contributed by atoms with Gasteiger partial charge in [0.15, 0.2) is 10.4 Å². The van der Waals surface area contributed by atoms with Crippen LogP contribution in [0.4, 0.5) is 4.79 Å². The number of esters is 2. The van der Waals surface area contributed by atoms with Gasteiger partial charge in [-0.3, -0.25) is 4.79 Å². The van der Waals surface area contributed by atoms with Gasteiger partial charge < -0.3 is 24.4 Å². The maximum atomic E-state index is 13.5. The van der Waals surface area contributed by atoms with Crippen molar-refractivity contribution in [1.82, 2.24) is 10.2 Å². The summed E-state index contributed by atoms with van der Waals surface area (Å²) in [5.74, 6) is -1.90. The minimum absolute atomic E-state index is 0.0174. The average Bonchev–Trinajstić information content (AvgIpc) is 3.18. The largest absolute Gasteiger partial charge is 0.467 e. The summed E-state index contributed by atoms with van der Waals surface area (Å²) in [6.07, 6.45) is -0.884. The molecule has 0 aromatic heterocycles. The quantitative estimate of drug-likeness (QED) is 0.215. The van der Waals surface area contributed by atoms with Crippen molar-refractivity contribution >= 4 is 51.6 Å². The van der Waals surface area contributed by atoms with Gasteiger partial charge in [0.25, 0.3) is 0 Å². The summed E-state index contributed by atoms with van der Waals surface area (Å²) in [5.41, 5.74) is 1.58. The van der Waals surface area contributed by atoms with E-state index in [1.54, 1.807) is 12.1 Å². The maximum absolute atomic E-state index is 13.5. The number of rotatable bonds is 8. The molecule has 1 N–H and O–H groups in total. The van der Waals surface area contributed by atoms with Crippen LogP contribution >= 0.6 is 27.7 Å². The van der Waals surface area contributed by atoms with E-state index in [1.165, 1.54) is 23.8 Å². The van der Waals surface area contributed by atoms with E-state index in [1.807, 2.05) is 62.4 Å². The fourth-order valence-corrected chi connectivity index (χ4v) is 7.10. The second kappa shape index (κ2) is 10.7. The van der Waals surface area contributed by atoms with Crippen LogP contribution < -0.4 is 5.32 Å². The van der Waals surface area contributed by atoms with Crippen molar-refractivity contribution < 1.29 is 33.4 Å². The Morgan fingerprint density at radius 3 is 2.08 bits per heavy atom. The monoisotopic (exact) mass is 590 g/mol. The van der Waals surface area contributed by atoms with Crippen LogP contribution in [0.3, 0.4) is 0 Å². The van der Waals surface area contributed by atoms with Gasteiger partial charge in [0.05, 0.1) is 7.11 Å². The number of β-lactam (4-membered cyclic amide) rings is 1. The molecule has 2 fully saturated rings. The van der Waals surface area contributed by atoms with Gasteiger partial charge in [-0.1, -0.05) is 76.6 Å².